The number of aromatic nitrogens is 1. The summed E-state index contributed by atoms with van der Waals surface area (Å²) in [6, 6.07) is 7.14. The Labute approximate surface area is 149 Å². The van der Waals surface area contributed by atoms with Gasteiger partial charge in [0, 0.05) is 30.8 Å². The molecule has 0 unspecified atom stereocenters. The number of carbonyl (C=O) groups excluding carboxylic acids is 2. The second-order valence-corrected chi connectivity index (χ2v) is 6.43. The summed E-state index contributed by atoms with van der Waals surface area (Å²) in [4.78, 5) is 29.9. The number of ketones is 1. The lowest BCUT2D eigenvalue weighted by Crippen LogP contribution is -2.37. The molecule has 1 saturated heterocycles. The van der Waals surface area contributed by atoms with Crippen LogP contribution in [0.15, 0.2) is 36.5 Å². The summed E-state index contributed by atoms with van der Waals surface area (Å²) >= 11 is 6.20. The highest BCUT2D eigenvalue weighted by molar-refractivity contribution is 6.33. The van der Waals surface area contributed by atoms with Gasteiger partial charge in [-0.25, -0.2) is 9.37 Å². The molecule has 130 valence electrons. The summed E-state index contributed by atoms with van der Waals surface area (Å²) in [6.45, 7) is 1.25. The molecule has 2 aromatic rings. The van der Waals surface area contributed by atoms with Crippen LogP contribution in [-0.2, 0) is 0 Å². The van der Waals surface area contributed by atoms with E-state index in [9.17, 15) is 14.0 Å². The largest absolute Gasteiger partial charge is 0.366 e. The number of benzene rings is 1. The molecule has 1 amide bonds. The zero-order valence-corrected chi connectivity index (χ0v) is 14.2. The molecule has 7 heteroatoms. The van der Waals surface area contributed by atoms with Crippen molar-refractivity contribution in [3.8, 4) is 0 Å². The highest BCUT2D eigenvalue weighted by Crippen LogP contribution is 2.29. The van der Waals surface area contributed by atoms with Gasteiger partial charge in [0.25, 0.3) is 0 Å². The van der Waals surface area contributed by atoms with Gasteiger partial charge in [-0.2, -0.15) is 0 Å². The minimum absolute atomic E-state index is 0.0304. The summed E-state index contributed by atoms with van der Waals surface area (Å²) in [5, 5.41) is 0.361. The Kier molecular flexibility index (Phi) is 4.99. The van der Waals surface area contributed by atoms with Gasteiger partial charge in [-0.1, -0.05) is 11.6 Å². The van der Waals surface area contributed by atoms with Crippen LogP contribution in [-0.4, -0.2) is 29.8 Å². The highest BCUT2D eigenvalue weighted by atomic mass is 35.5. The summed E-state index contributed by atoms with van der Waals surface area (Å²) in [7, 11) is 0. The van der Waals surface area contributed by atoms with Crippen molar-refractivity contribution in [2.75, 3.05) is 18.0 Å². The van der Waals surface area contributed by atoms with Gasteiger partial charge in [-0.3, -0.25) is 9.59 Å². The molecule has 3 rings (SSSR count). The Bertz CT molecular complexity index is 802. The number of anilines is 1. The van der Waals surface area contributed by atoms with Gasteiger partial charge in [0.1, 0.15) is 11.6 Å². The molecule has 1 fully saturated rings. The van der Waals surface area contributed by atoms with E-state index in [-0.39, 0.29) is 23.1 Å². The van der Waals surface area contributed by atoms with Crippen LogP contribution in [0, 0.1) is 11.7 Å². The van der Waals surface area contributed by atoms with Crippen LogP contribution >= 0.6 is 11.6 Å². The lowest BCUT2D eigenvalue weighted by molar-refractivity contribution is 0.0899. The standard InChI is InChI=1S/C18H17ClFN3O2/c19-15-9-13(17(21)25)10-22-18(15)23-7-5-12(6-8-23)16(24)11-1-3-14(20)4-2-11/h1-4,9-10,12H,5-8H2,(H2,21,25). The lowest BCUT2D eigenvalue weighted by atomic mass is 9.89. The number of Topliss-reactive ketones (excluding diaryl/α,β-unsaturated/α-hetero) is 1. The molecule has 1 aliphatic heterocycles. The van der Waals surface area contributed by atoms with Crippen molar-refractivity contribution in [3.05, 3.63) is 58.5 Å². The number of halogens is 2. The first-order chi connectivity index (χ1) is 12.0. The molecule has 0 aliphatic carbocycles. The van der Waals surface area contributed by atoms with E-state index in [4.69, 9.17) is 17.3 Å². The first kappa shape index (κ1) is 17.4. The fourth-order valence-corrected chi connectivity index (χ4v) is 3.29. The predicted octanol–water partition coefficient (Wildman–Crippen LogP) is 3.07. The fourth-order valence-electron chi connectivity index (χ4n) is 3.00. The van der Waals surface area contributed by atoms with Gasteiger partial charge in [-0.15, -0.1) is 0 Å². The number of carbonyl (C=O) groups is 2. The van der Waals surface area contributed by atoms with Gasteiger partial charge in [0.05, 0.1) is 10.6 Å². The quantitative estimate of drug-likeness (QED) is 0.849. The van der Waals surface area contributed by atoms with Crippen molar-refractivity contribution < 1.29 is 14.0 Å². The molecule has 0 saturated carbocycles. The average Bonchev–Trinajstić information content (AvgIpc) is 2.62. The predicted molar refractivity (Wildman–Crippen MR) is 93.4 cm³/mol. The summed E-state index contributed by atoms with van der Waals surface area (Å²) in [6.07, 6.45) is 2.72. The van der Waals surface area contributed by atoms with Gasteiger partial charge < -0.3 is 10.6 Å². The Morgan fingerprint density at radius 2 is 1.80 bits per heavy atom. The van der Waals surface area contributed by atoms with E-state index in [0.717, 1.165) is 0 Å². The van der Waals surface area contributed by atoms with Crippen molar-refractivity contribution in [2.24, 2.45) is 11.7 Å². The summed E-state index contributed by atoms with van der Waals surface area (Å²) in [5.41, 5.74) is 6.00. The molecule has 0 atom stereocenters. The number of nitrogens with two attached hydrogens (primary N) is 1. The van der Waals surface area contributed by atoms with Crippen LogP contribution < -0.4 is 10.6 Å². The minimum atomic E-state index is -0.579. The van der Waals surface area contributed by atoms with E-state index in [2.05, 4.69) is 4.98 Å². The molecular weight excluding hydrogens is 345 g/mol. The van der Waals surface area contributed by atoms with Gasteiger partial charge >= 0.3 is 0 Å². The van der Waals surface area contributed by atoms with Gasteiger partial charge in [0.15, 0.2) is 5.78 Å². The number of pyridine rings is 1. The number of primary amides is 1. The molecule has 5 nitrogen and oxygen atoms in total. The topological polar surface area (TPSA) is 76.3 Å². The van der Waals surface area contributed by atoms with Gasteiger partial charge in [0.2, 0.25) is 5.91 Å². The van der Waals surface area contributed by atoms with Crippen LogP contribution in [0.3, 0.4) is 0 Å². The van der Waals surface area contributed by atoms with Crippen LogP contribution in [0.5, 0.6) is 0 Å². The van der Waals surface area contributed by atoms with Crippen LogP contribution in [0.1, 0.15) is 33.6 Å². The third kappa shape index (κ3) is 3.79. The molecule has 1 aromatic heterocycles. The Morgan fingerprint density at radius 3 is 2.36 bits per heavy atom. The van der Waals surface area contributed by atoms with Gasteiger partial charge in [-0.05, 0) is 43.2 Å². The van der Waals surface area contributed by atoms with Crippen LogP contribution in [0.4, 0.5) is 10.2 Å². The summed E-state index contributed by atoms with van der Waals surface area (Å²) < 4.78 is 13.0. The fraction of sp³-hybridized carbons (Fsp3) is 0.278. The van der Waals surface area contributed by atoms with Crippen molar-refractivity contribution >= 4 is 29.1 Å². The maximum Gasteiger partial charge on any atom is 0.250 e. The second kappa shape index (κ2) is 7.19. The number of piperidine rings is 1. The Hall–Kier alpha value is -2.47. The zero-order valence-electron chi connectivity index (χ0n) is 13.4. The molecule has 25 heavy (non-hydrogen) atoms. The smallest absolute Gasteiger partial charge is 0.250 e. The first-order valence-corrected chi connectivity index (χ1v) is 8.33. The van der Waals surface area contributed by atoms with Crippen LogP contribution in [0.25, 0.3) is 0 Å². The molecule has 2 heterocycles. The number of hydrogen-bond donors (Lipinski definition) is 1. The Morgan fingerprint density at radius 1 is 1.16 bits per heavy atom. The third-order valence-corrected chi connectivity index (χ3v) is 4.68. The lowest BCUT2D eigenvalue weighted by Gasteiger charge is -2.32. The number of amides is 1. The van der Waals surface area contributed by atoms with Crippen molar-refractivity contribution in [1.29, 1.82) is 0 Å². The van der Waals surface area contributed by atoms with E-state index < -0.39 is 5.91 Å². The van der Waals surface area contributed by atoms with E-state index in [1.165, 1.54) is 36.5 Å². The normalized spacial score (nSPS) is 15.2. The maximum absolute atomic E-state index is 13.0. The van der Waals surface area contributed by atoms with Crippen LogP contribution in [0.2, 0.25) is 5.02 Å². The van der Waals surface area contributed by atoms with Crippen molar-refractivity contribution in [1.82, 2.24) is 4.98 Å². The molecule has 0 spiro atoms. The maximum atomic E-state index is 13.0. The van der Waals surface area contributed by atoms with Crippen molar-refractivity contribution in [3.63, 3.8) is 0 Å². The molecular formula is C18H17ClFN3O2. The molecule has 2 N–H and O–H groups in total. The highest BCUT2D eigenvalue weighted by Gasteiger charge is 2.27. The summed E-state index contributed by atoms with van der Waals surface area (Å²) in [5.74, 6) is -0.427. The van der Waals surface area contributed by atoms with Crippen molar-refractivity contribution in [2.45, 2.75) is 12.8 Å². The number of rotatable bonds is 4. The minimum Gasteiger partial charge on any atom is -0.366 e. The second-order valence-electron chi connectivity index (χ2n) is 6.03. The molecule has 1 aliphatic rings. The SMILES string of the molecule is NC(=O)c1cnc(N2CCC(C(=O)c3ccc(F)cc3)CC2)c(Cl)c1. The zero-order chi connectivity index (χ0) is 18.0. The number of nitrogens with zero attached hydrogens (tertiary/aromatic N) is 2. The first-order valence-electron chi connectivity index (χ1n) is 7.96. The number of hydrogen-bond acceptors (Lipinski definition) is 4. The average molecular weight is 362 g/mol. The molecule has 0 bridgehead atoms. The van der Waals surface area contributed by atoms with E-state index in [0.29, 0.717) is 42.3 Å². The monoisotopic (exact) mass is 361 g/mol. The third-order valence-electron chi connectivity index (χ3n) is 4.40. The molecule has 1 aromatic carbocycles. The van der Waals surface area contributed by atoms with E-state index in [1.54, 1.807) is 0 Å². The van der Waals surface area contributed by atoms with E-state index in [1.807, 2.05) is 4.90 Å². The Balaban J connectivity index is 1.66. The molecule has 0 radical (unpaired) electrons. The van der Waals surface area contributed by atoms with E-state index >= 15 is 0 Å².